The van der Waals surface area contributed by atoms with Gasteiger partial charge in [-0.15, -0.1) is 0 Å². The summed E-state index contributed by atoms with van der Waals surface area (Å²) in [5.74, 6) is 0.461. The summed E-state index contributed by atoms with van der Waals surface area (Å²) in [5, 5.41) is 10.5. The van der Waals surface area contributed by atoms with E-state index in [9.17, 15) is 4.79 Å². The van der Waals surface area contributed by atoms with E-state index in [-0.39, 0.29) is 18.4 Å². The highest BCUT2D eigenvalue weighted by atomic mass is 16.1. The molecule has 1 saturated heterocycles. The van der Waals surface area contributed by atoms with Gasteiger partial charge in [0, 0.05) is 31.3 Å². The quantitative estimate of drug-likeness (QED) is 0.780. The fraction of sp³-hybridized carbons (Fsp3) is 0.375. The minimum Gasteiger partial charge on any atom is -0.324 e. The Bertz CT molecular complexity index is 618. The molecule has 0 aliphatic carbocycles. The summed E-state index contributed by atoms with van der Waals surface area (Å²) in [6.07, 6.45) is 3.21. The molecule has 22 heavy (non-hydrogen) atoms. The number of carbonyl (C=O) groups is 1. The first-order valence-electron chi connectivity index (χ1n) is 7.58. The molecule has 2 heterocycles. The van der Waals surface area contributed by atoms with E-state index in [1.54, 1.807) is 0 Å². The molecule has 6 heteroatoms. The predicted molar refractivity (Wildman–Crippen MR) is 85.4 cm³/mol. The standard InChI is InChI=1S/C16H21N5O/c17-14(12-4-2-1-3-5-12)10-16(22)19-15-7-9-21(20-15)13-6-8-18-11-13/h1-5,7,9,13-14,18H,6,8,10-11,17H2,(H,19,20,22)/t13-,14+/m0/s1. The Balaban J connectivity index is 1.55. The molecular formula is C16H21N5O. The van der Waals surface area contributed by atoms with Crippen LogP contribution in [0.5, 0.6) is 0 Å². The van der Waals surface area contributed by atoms with Crippen LogP contribution >= 0.6 is 0 Å². The highest BCUT2D eigenvalue weighted by molar-refractivity contribution is 5.90. The second-order valence-electron chi connectivity index (χ2n) is 5.60. The van der Waals surface area contributed by atoms with Crippen LogP contribution in [0.25, 0.3) is 0 Å². The van der Waals surface area contributed by atoms with Crippen molar-refractivity contribution in [2.24, 2.45) is 5.73 Å². The number of anilines is 1. The van der Waals surface area contributed by atoms with Crippen molar-refractivity contribution >= 4 is 11.7 Å². The lowest BCUT2D eigenvalue weighted by Crippen LogP contribution is -2.21. The lowest BCUT2D eigenvalue weighted by Gasteiger charge is -2.11. The summed E-state index contributed by atoms with van der Waals surface area (Å²) in [4.78, 5) is 12.1. The molecule has 1 amide bonds. The molecule has 6 nitrogen and oxygen atoms in total. The number of carbonyl (C=O) groups excluding carboxylic acids is 1. The molecular weight excluding hydrogens is 278 g/mol. The zero-order valence-electron chi connectivity index (χ0n) is 12.4. The van der Waals surface area contributed by atoms with Crippen molar-refractivity contribution in [3.63, 3.8) is 0 Å². The van der Waals surface area contributed by atoms with E-state index in [2.05, 4.69) is 15.7 Å². The minimum absolute atomic E-state index is 0.119. The monoisotopic (exact) mass is 299 g/mol. The number of nitrogens with zero attached hydrogens (tertiary/aromatic N) is 2. The highest BCUT2D eigenvalue weighted by Gasteiger charge is 2.18. The Morgan fingerprint density at radius 3 is 2.95 bits per heavy atom. The van der Waals surface area contributed by atoms with Crippen molar-refractivity contribution in [1.82, 2.24) is 15.1 Å². The third-order valence-electron chi connectivity index (χ3n) is 3.92. The molecule has 116 valence electrons. The van der Waals surface area contributed by atoms with Gasteiger partial charge in [0.25, 0.3) is 0 Å². The lowest BCUT2D eigenvalue weighted by molar-refractivity contribution is -0.116. The Kier molecular flexibility index (Phi) is 4.50. The number of rotatable bonds is 5. The molecule has 1 aromatic carbocycles. The predicted octanol–water partition coefficient (Wildman–Crippen LogP) is 1.45. The zero-order chi connectivity index (χ0) is 15.4. The van der Waals surface area contributed by atoms with Crippen molar-refractivity contribution in [3.8, 4) is 0 Å². The first-order chi connectivity index (χ1) is 10.7. The van der Waals surface area contributed by atoms with Crippen LogP contribution in [0, 0.1) is 0 Å². The first-order valence-corrected chi connectivity index (χ1v) is 7.58. The summed E-state index contributed by atoms with van der Waals surface area (Å²) in [7, 11) is 0. The van der Waals surface area contributed by atoms with Gasteiger partial charge >= 0.3 is 0 Å². The van der Waals surface area contributed by atoms with Gasteiger partial charge in [-0.1, -0.05) is 30.3 Å². The molecule has 0 radical (unpaired) electrons. The molecule has 0 saturated carbocycles. The van der Waals surface area contributed by atoms with Crippen molar-refractivity contribution in [1.29, 1.82) is 0 Å². The topological polar surface area (TPSA) is 85.0 Å². The van der Waals surface area contributed by atoms with Gasteiger partial charge in [-0.05, 0) is 18.5 Å². The van der Waals surface area contributed by atoms with Crippen molar-refractivity contribution < 1.29 is 4.79 Å². The number of nitrogens with two attached hydrogens (primary N) is 1. The molecule has 1 aromatic heterocycles. The van der Waals surface area contributed by atoms with E-state index >= 15 is 0 Å². The SMILES string of the molecule is N[C@H](CC(=O)Nc1ccn([C@H]2CCNC2)n1)c1ccccc1. The molecule has 1 aliphatic heterocycles. The Morgan fingerprint density at radius 1 is 1.41 bits per heavy atom. The van der Waals surface area contributed by atoms with E-state index in [1.165, 1.54) is 0 Å². The summed E-state index contributed by atoms with van der Waals surface area (Å²) < 4.78 is 1.91. The van der Waals surface area contributed by atoms with E-state index in [4.69, 9.17) is 5.73 Å². The number of aromatic nitrogens is 2. The van der Waals surface area contributed by atoms with E-state index in [1.807, 2.05) is 47.3 Å². The van der Waals surface area contributed by atoms with Gasteiger partial charge in [-0.25, -0.2) is 0 Å². The van der Waals surface area contributed by atoms with E-state index in [0.717, 1.165) is 25.1 Å². The molecule has 2 atom stereocenters. The summed E-state index contributed by atoms with van der Waals surface area (Å²) in [6.45, 7) is 1.94. The van der Waals surface area contributed by atoms with E-state index in [0.29, 0.717) is 11.9 Å². The van der Waals surface area contributed by atoms with Crippen LogP contribution in [0.2, 0.25) is 0 Å². The summed E-state index contributed by atoms with van der Waals surface area (Å²) >= 11 is 0. The fourth-order valence-electron chi connectivity index (χ4n) is 2.68. The minimum atomic E-state index is -0.303. The van der Waals surface area contributed by atoms with Crippen LogP contribution in [0.3, 0.4) is 0 Å². The average Bonchev–Trinajstić information content (AvgIpc) is 3.19. The maximum atomic E-state index is 12.1. The third-order valence-corrected chi connectivity index (χ3v) is 3.92. The molecule has 4 N–H and O–H groups in total. The number of hydrogen-bond acceptors (Lipinski definition) is 4. The van der Waals surface area contributed by atoms with Gasteiger partial charge in [-0.3, -0.25) is 9.48 Å². The van der Waals surface area contributed by atoms with Crippen molar-refractivity contribution in [2.75, 3.05) is 18.4 Å². The molecule has 1 aliphatic rings. The molecule has 0 unspecified atom stereocenters. The molecule has 3 rings (SSSR count). The average molecular weight is 299 g/mol. The van der Waals surface area contributed by atoms with Crippen LogP contribution in [0.1, 0.15) is 30.5 Å². The van der Waals surface area contributed by atoms with Crippen LogP contribution in [-0.4, -0.2) is 28.8 Å². The Labute approximate surface area is 129 Å². The third kappa shape index (κ3) is 3.52. The molecule has 0 bridgehead atoms. The highest BCUT2D eigenvalue weighted by Crippen LogP contribution is 2.17. The maximum absolute atomic E-state index is 12.1. The zero-order valence-corrected chi connectivity index (χ0v) is 12.4. The van der Waals surface area contributed by atoms with Gasteiger partial charge in [0.2, 0.25) is 5.91 Å². The summed E-state index contributed by atoms with van der Waals surface area (Å²) in [6, 6.07) is 11.5. The molecule has 2 aromatic rings. The van der Waals surface area contributed by atoms with Gasteiger partial charge in [0.05, 0.1) is 6.04 Å². The number of hydrogen-bond donors (Lipinski definition) is 3. The number of amides is 1. The van der Waals surface area contributed by atoms with Gasteiger partial charge in [0.15, 0.2) is 5.82 Å². The normalized spacial score (nSPS) is 19.0. The lowest BCUT2D eigenvalue weighted by atomic mass is 10.0. The van der Waals surface area contributed by atoms with Gasteiger partial charge in [-0.2, -0.15) is 5.10 Å². The largest absolute Gasteiger partial charge is 0.324 e. The van der Waals surface area contributed by atoms with Crippen LogP contribution in [-0.2, 0) is 4.79 Å². The second-order valence-corrected chi connectivity index (χ2v) is 5.60. The Morgan fingerprint density at radius 2 is 2.23 bits per heavy atom. The van der Waals surface area contributed by atoms with Gasteiger partial charge in [0.1, 0.15) is 0 Å². The van der Waals surface area contributed by atoms with Crippen LogP contribution < -0.4 is 16.4 Å². The van der Waals surface area contributed by atoms with Crippen molar-refractivity contribution in [2.45, 2.75) is 24.9 Å². The van der Waals surface area contributed by atoms with Crippen LogP contribution in [0.4, 0.5) is 5.82 Å². The number of nitrogens with one attached hydrogen (secondary N) is 2. The smallest absolute Gasteiger partial charge is 0.227 e. The van der Waals surface area contributed by atoms with Crippen LogP contribution in [0.15, 0.2) is 42.6 Å². The second kappa shape index (κ2) is 6.72. The number of benzene rings is 1. The first kappa shape index (κ1) is 14.7. The summed E-state index contributed by atoms with van der Waals surface area (Å²) in [5.41, 5.74) is 7.02. The Hall–Kier alpha value is -2.18. The molecule has 0 spiro atoms. The molecule has 1 fully saturated rings. The van der Waals surface area contributed by atoms with E-state index < -0.39 is 0 Å². The maximum Gasteiger partial charge on any atom is 0.227 e. The fourth-order valence-corrected chi connectivity index (χ4v) is 2.68. The van der Waals surface area contributed by atoms with Crippen molar-refractivity contribution in [3.05, 3.63) is 48.2 Å². The van der Waals surface area contributed by atoms with Gasteiger partial charge < -0.3 is 16.4 Å².